The lowest BCUT2D eigenvalue weighted by molar-refractivity contribution is 0.0679. The van der Waals surface area contributed by atoms with E-state index in [-0.39, 0.29) is 11.3 Å². The molecule has 100 valence electrons. The number of carbonyl (C=O) groups is 1. The zero-order valence-electron chi connectivity index (χ0n) is 10.8. The van der Waals surface area contributed by atoms with E-state index in [2.05, 4.69) is 4.90 Å². The second kappa shape index (κ2) is 6.58. The van der Waals surface area contributed by atoms with E-state index in [1.54, 1.807) is 0 Å². The summed E-state index contributed by atoms with van der Waals surface area (Å²) >= 11 is 7.65. The quantitative estimate of drug-likeness (QED) is 0.764. The predicted molar refractivity (Wildman–Crippen MR) is 77.5 cm³/mol. The van der Waals surface area contributed by atoms with Crippen LogP contribution >= 0.6 is 22.9 Å². The van der Waals surface area contributed by atoms with Gasteiger partial charge in [-0.15, -0.1) is 22.9 Å². The molecule has 1 saturated heterocycles. The fourth-order valence-electron chi connectivity index (χ4n) is 2.61. The first-order valence-corrected chi connectivity index (χ1v) is 7.98. The van der Waals surface area contributed by atoms with Crippen LogP contribution in [0.5, 0.6) is 0 Å². The van der Waals surface area contributed by atoms with Crippen LogP contribution in [0.25, 0.3) is 0 Å². The van der Waals surface area contributed by atoms with Crippen LogP contribution in [0.3, 0.4) is 0 Å². The van der Waals surface area contributed by atoms with Gasteiger partial charge in [-0.3, -0.25) is 4.79 Å². The molecule has 0 saturated carbocycles. The molecule has 1 aromatic rings. The van der Waals surface area contributed by atoms with Crippen molar-refractivity contribution in [1.82, 2.24) is 4.90 Å². The van der Waals surface area contributed by atoms with Crippen molar-refractivity contribution in [2.45, 2.75) is 50.4 Å². The summed E-state index contributed by atoms with van der Waals surface area (Å²) in [5.74, 6) is 0.189. The third-order valence-electron chi connectivity index (χ3n) is 3.47. The Bertz CT molecular complexity index is 377. The monoisotopic (exact) mass is 285 g/mol. The van der Waals surface area contributed by atoms with E-state index in [0.29, 0.717) is 6.04 Å². The first-order valence-electron chi connectivity index (χ1n) is 6.67. The van der Waals surface area contributed by atoms with Gasteiger partial charge in [-0.25, -0.2) is 0 Å². The molecule has 0 radical (unpaired) electrons. The Balaban J connectivity index is 2.12. The van der Waals surface area contributed by atoms with Crippen molar-refractivity contribution in [2.24, 2.45) is 0 Å². The van der Waals surface area contributed by atoms with Gasteiger partial charge in [0.2, 0.25) is 0 Å². The van der Waals surface area contributed by atoms with Gasteiger partial charge in [0.25, 0.3) is 5.91 Å². The van der Waals surface area contributed by atoms with E-state index in [4.69, 9.17) is 11.6 Å². The summed E-state index contributed by atoms with van der Waals surface area (Å²) in [6.45, 7) is 2.89. The van der Waals surface area contributed by atoms with E-state index < -0.39 is 0 Å². The van der Waals surface area contributed by atoms with Gasteiger partial charge >= 0.3 is 0 Å². The van der Waals surface area contributed by atoms with Crippen LogP contribution in [-0.2, 0) is 0 Å². The van der Waals surface area contributed by atoms with Crippen LogP contribution in [-0.4, -0.2) is 28.8 Å². The number of hydrogen-bond donors (Lipinski definition) is 0. The molecular formula is C14H20ClNOS. The van der Waals surface area contributed by atoms with Crippen molar-refractivity contribution in [2.75, 3.05) is 6.54 Å². The van der Waals surface area contributed by atoms with E-state index in [1.165, 1.54) is 24.2 Å². The average molecular weight is 286 g/mol. The number of nitrogens with zero attached hydrogens (tertiary/aromatic N) is 1. The number of amides is 1. The first-order chi connectivity index (χ1) is 8.68. The molecule has 2 rings (SSSR count). The highest BCUT2D eigenvalue weighted by molar-refractivity contribution is 7.12. The molecule has 18 heavy (non-hydrogen) atoms. The van der Waals surface area contributed by atoms with E-state index in [1.807, 2.05) is 24.4 Å². The number of likely N-dealkylation sites (tertiary alicyclic amines) is 1. The highest BCUT2D eigenvalue weighted by Gasteiger charge is 2.27. The van der Waals surface area contributed by atoms with Gasteiger partial charge in [-0.1, -0.05) is 18.9 Å². The van der Waals surface area contributed by atoms with Crippen molar-refractivity contribution in [1.29, 1.82) is 0 Å². The summed E-state index contributed by atoms with van der Waals surface area (Å²) in [5, 5.41) is 2.09. The van der Waals surface area contributed by atoms with Gasteiger partial charge in [0.05, 0.1) is 4.88 Å². The fraction of sp³-hybridized carbons (Fsp3) is 0.643. The number of alkyl halides is 1. The van der Waals surface area contributed by atoms with Crippen molar-refractivity contribution in [3.05, 3.63) is 22.4 Å². The highest BCUT2D eigenvalue weighted by atomic mass is 35.5. The maximum atomic E-state index is 12.5. The Morgan fingerprint density at radius 2 is 2.39 bits per heavy atom. The summed E-state index contributed by atoms with van der Waals surface area (Å²) in [6.07, 6.45) is 5.54. The molecule has 2 unspecified atom stereocenters. The molecule has 1 aliphatic rings. The molecule has 0 aromatic carbocycles. The van der Waals surface area contributed by atoms with Gasteiger partial charge in [-0.05, 0) is 37.6 Å². The Hall–Kier alpha value is -0.540. The maximum absolute atomic E-state index is 12.5. The highest BCUT2D eigenvalue weighted by Crippen LogP contribution is 2.25. The fourth-order valence-corrected chi connectivity index (χ4v) is 3.49. The van der Waals surface area contributed by atoms with Gasteiger partial charge in [0.1, 0.15) is 0 Å². The maximum Gasteiger partial charge on any atom is 0.264 e. The lowest BCUT2D eigenvalue weighted by atomic mass is 10.0. The predicted octanol–water partition coefficient (Wildman–Crippen LogP) is 4.15. The van der Waals surface area contributed by atoms with Crippen LogP contribution in [0.15, 0.2) is 17.5 Å². The second-order valence-corrected chi connectivity index (χ2v) is 6.69. The molecule has 0 spiro atoms. The SMILES string of the molecule is CC(Cl)CC1CCCCCN1C(=O)c1cccs1. The number of hydrogen-bond acceptors (Lipinski definition) is 2. The Morgan fingerprint density at radius 3 is 3.06 bits per heavy atom. The normalized spacial score (nSPS) is 22.6. The summed E-state index contributed by atoms with van der Waals surface area (Å²) in [4.78, 5) is 15.4. The Kier molecular flexibility index (Phi) is 5.07. The minimum atomic E-state index is 0.131. The minimum absolute atomic E-state index is 0.131. The molecular weight excluding hydrogens is 266 g/mol. The van der Waals surface area contributed by atoms with Gasteiger partial charge in [0.15, 0.2) is 0 Å². The Labute approximate surface area is 118 Å². The van der Waals surface area contributed by atoms with E-state index >= 15 is 0 Å². The first kappa shape index (κ1) is 13.9. The summed E-state index contributed by atoms with van der Waals surface area (Å²) in [6, 6.07) is 4.17. The molecule has 1 aromatic heterocycles. The molecule has 4 heteroatoms. The van der Waals surface area contributed by atoms with E-state index in [0.717, 1.165) is 30.7 Å². The number of thiophene rings is 1. The molecule has 2 nitrogen and oxygen atoms in total. The van der Waals surface area contributed by atoms with Crippen molar-refractivity contribution < 1.29 is 4.79 Å². The number of rotatable bonds is 3. The minimum Gasteiger partial charge on any atom is -0.335 e. The molecule has 0 aliphatic carbocycles. The van der Waals surface area contributed by atoms with Crippen LogP contribution < -0.4 is 0 Å². The van der Waals surface area contributed by atoms with Crippen LogP contribution in [0, 0.1) is 0 Å². The molecule has 0 bridgehead atoms. The Morgan fingerprint density at radius 1 is 1.56 bits per heavy atom. The van der Waals surface area contributed by atoms with Gasteiger partial charge in [-0.2, -0.15) is 0 Å². The number of carbonyl (C=O) groups excluding carboxylic acids is 1. The molecule has 2 atom stereocenters. The van der Waals surface area contributed by atoms with Crippen LogP contribution in [0.4, 0.5) is 0 Å². The topological polar surface area (TPSA) is 20.3 Å². The summed E-state index contributed by atoms with van der Waals surface area (Å²) < 4.78 is 0. The van der Waals surface area contributed by atoms with Crippen LogP contribution in [0.1, 0.15) is 48.7 Å². The molecule has 1 fully saturated rings. The van der Waals surface area contributed by atoms with Gasteiger partial charge < -0.3 is 4.90 Å². The van der Waals surface area contributed by atoms with Gasteiger partial charge in [0, 0.05) is 18.0 Å². The zero-order valence-corrected chi connectivity index (χ0v) is 12.3. The lowest BCUT2D eigenvalue weighted by Gasteiger charge is -2.30. The van der Waals surface area contributed by atoms with Crippen molar-refractivity contribution >= 4 is 28.8 Å². The van der Waals surface area contributed by atoms with E-state index in [9.17, 15) is 4.79 Å². The largest absolute Gasteiger partial charge is 0.335 e. The molecule has 2 heterocycles. The lowest BCUT2D eigenvalue weighted by Crippen LogP contribution is -2.40. The molecule has 1 aliphatic heterocycles. The van der Waals surface area contributed by atoms with Crippen molar-refractivity contribution in [3.8, 4) is 0 Å². The molecule has 1 amide bonds. The third-order valence-corrected chi connectivity index (χ3v) is 4.50. The standard InChI is InChI=1S/C14H20ClNOS/c1-11(15)10-12-6-3-2-4-8-16(12)14(17)13-7-5-9-18-13/h5,7,9,11-12H,2-4,6,8,10H2,1H3. The zero-order chi connectivity index (χ0) is 13.0. The number of halogens is 1. The summed E-state index contributed by atoms with van der Waals surface area (Å²) in [5.41, 5.74) is 0. The van der Waals surface area contributed by atoms with Crippen LogP contribution in [0.2, 0.25) is 0 Å². The summed E-state index contributed by atoms with van der Waals surface area (Å²) in [7, 11) is 0. The third kappa shape index (κ3) is 3.48. The average Bonchev–Trinajstić information content (AvgIpc) is 2.76. The smallest absolute Gasteiger partial charge is 0.264 e. The second-order valence-electron chi connectivity index (χ2n) is 5.00. The van der Waals surface area contributed by atoms with Crippen molar-refractivity contribution in [3.63, 3.8) is 0 Å². The molecule has 0 N–H and O–H groups in total.